The van der Waals surface area contributed by atoms with E-state index in [1.165, 1.54) is 0 Å². The van der Waals surface area contributed by atoms with Crippen molar-refractivity contribution >= 4 is 17.3 Å². The van der Waals surface area contributed by atoms with Crippen molar-refractivity contribution in [3.63, 3.8) is 0 Å². The highest BCUT2D eigenvalue weighted by atomic mass is 32.1. The normalized spacial score (nSPS) is 10.8. The standard InChI is InChI=1S/C18H18N2O3S/c1-11-8-12(2)17(13(3)9-11)23-16(21)5-4-15-19-20-18(22-15)14-6-7-24-10-14/h6-10H,4-5H2,1-3H3. The van der Waals surface area contributed by atoms with Crippen molar-refractivity contribution in [1.29, 1.82) is 0 Å². The number of hydrogen-bond donors (Lipinski definition) is 0. The highest BCUT2D eigenvalue weighted by Crippen LogP contribution is 2.25. The van der Waals surface area contributed by atoms with Crippen LogP contribution in [0.3, 0.4) is 0 Å². The third-order valence-corrected chi connectivity index (χ3v) is 4.28. The first kappa shape index (κ1) is 16.4. The number of aromatic nitrogens is 2. The molecular weight excluding hydrogens is 324 g/mol. The van der Waals surface area contributed by atoms with Gasteiger partial charge in [-0.2, -0.15) is 11.3 Å². The monoisotopic (exact) mass is 342 g/mol. The van der Waals surface area contributed by atoms with Gasteiger partial charge < -0.3 is 9.15 Å². The van der Waals surface area contributed by atoms with Crippen molar-refractivity contribution in [2.45, 2.75) is 33.6 Å². The number of aryl methyl sites for hydroxylation is 4. The van der Waals surface area contributed by atoms with Crippen molar-refractivity contribution in [3.05, 3.63) is 51.5 Å². The van der Waals surface area contributed by atoms with Crippen LogP contribution in [0.4, 0.5) is 0 Å². The lowest BCUT2D eigenvalue weighted by atomic mass is 10.1. The Morgan fingerprint density at radius 1 is 1.21 bits per heavy atom. The van der Waals surface area contributed by atoms with Gasteiger partial charge in [-0.1, -0.05) is 17.7 Å². The van der Waals surface area contributed by atoms with Crippen LogP contribution in [0.2, 0.25) is 0 Å². The molecule has 2 aromatic heterocycles. The molecule has 0 atom stereocenters. The van der Waals surface area contributed by atoms with Crippen molar-refractivity contribution in [1.82, 2.24) is 10.2 Å². The van der Waals surface area contributed by atoms with Gasteiger partial charge in [-0.15, -0.1) is 10.2 Å². The van der Waals surface area contributed by atoms with E-state index in [1.54, 1.807) is 11.3 Å². The average molecular weight is 342 g/mol. The molecule has 2 heterocycles. The molecule has 24 heavy (non-hydrogen) atoms. The Morgan fingerprint density at radius 2 is 1.96 bits per heavy atom. The third-order valence-electron chi connectivity index (χ3n) is 3.60. The van der Waals surface area contributed by atoms with Crippen LogP contribution in [0.15, 0.2) is 33.4 Å². The summed E-state index contributed by atoms with van der Waals surface area (Å²) >= 11 is 1.56. The molecule has 0 amide bonds. The minimum Gasteiger partial charge on any atom is -0.426 e. The number of esters is 1. The summed E-state index contributed by atoms with van der Waals surface area (Å²) in [6, 6.07) is 5.92. The van der Waals surface area contributed by atoms with Crippen molar-refractivity contribution < 1.29 is 13.9 Å². The Morgan fingerprint density at radius 3 is 2.62 bits per heavy atom. The fourth-order valence-electron chi connectivity index (χ4n) is 2.56. The topological polar surface area (TPSA) is 65.2 Å². The maximum atomic E-state index is 12.1. The van der Waals surface area contributed by atoms with Crippen LogP contribution in [0, 0.1) is 20.8 Å². The summed E-state index contributed by atoms with van der Waals surface area (Å²) in [5.41, 5.74) is 3.96. The zero-order valence-corrected chi connectivity index (χ0v) is 14.6. The fraction of sp³-hybridized carbons (Fsp3) is 0.278. The van der Waals surface area contributed by atoms with Gasteiger partial charge in [-0.25, -0.2) is 0 Å². The summed E-state index contributed by atoms with van der Waals surface area (Å²) in [5.74, 6) is 1.24. The second kappa shape index (κ2) is 6.97. The quantitative estimate of drug-likeness (QED) is 0.512. The van der Waals surface area contributed by atoms with E-state index in [2.05, 4.69) is 10.2 Å². The van der Waals surface area contributed by atoms with E-state index in [4.69, 9.17) is 9.15 Å². The SMILES string of the molecule is Cc1cc(C)c(OC(=O)CCc2nnc(-c3ccsc3)o2)c(C)c1. The second-order valence-corrected chi connectivity index (χ2v) is 6.49. The molecule has 0 radical (unpaired) electrons. The molecular formula is C18H18N2O3S. The Labute approximate surface area is 144 Å². The summed E-state index contributed by atoms with van der Waals surface area (Å²) in [6.07, 6.45) is 0.554. The van der Waals surface area contributed by atoms with Crippen LogP contribution in [-0.2, 0) is 11.2 Å². The van der Waals surface area contributed by atoms with E-state index >= 15 is 0 Å². The highest BCUT2D eigenvalue weighted by Gasteiger charge is 2.14. The summed E-state index contributed by atoms with van der Waals surface area (Å²) in [7, 11) is 0. The molecule has 6 heteroatoms. The van der Waals surface area contributed by atoms with Crippen LogP contribution >= 0.6 is 11.3 Å². The lowest BCUT2D eigenvalue weighted by Gasteiger charge is -2.11. The molecule has 1 aromatic carbocycles. The second-order valence-electron chi connectivity index (χ2n) is 5.71. The average Bonchev–Trinajstić information content (AvgIpc) is 3.19. The van der Waals surface area contributed by atoms with E-state index in [0.717, 1.165) is 22.3 Å². The molecule has 124 valence electrons. The number of thiophene rings is 1. The highest BCUT2D eigenvalue weighted by molar-refractivity contribution is 7.08. The summed E-state index contributed by atoms with van der Waals surface area (Å²) in [4.78, 5) is 12.1. The smallest absolute Gasteiger partial charge is 0.311 e. The molecule has 0 unspecified atom stereocenters. The number of rotatable bonds is 5. The molecule has 0 saturated carbocycles. The van der Waals surface area contributed by atoms with E-state index < -0.39 is 0 Å². The maximum Gasteiger partial charge on any atom is 0.311 e. The Hall–Kier alpha value is -2.47. The summed E-state index contributed by atoms with van der Waals surface area (Å²) in [5, 5.41) is 11.9. The lowest BCUT2D eigenvalue weighted by molar-refractivity contribution is -0.134. The van der Waals surface area contributed by atoms with Crippen LogP contribution < -0.4 is 4.74 Å². The largest absolute Gasteiger partial charge is 0.426 e. The zero-order valence-electron chi connectivity index (χ0n) is 13.8. The fourth-order valence-corrected chi connectivity index (χ4v) is 3.19. The van der Waals surface area contributed by atoms with Crippen LogP contribution in [-0.4, -0.2) is 16.2 Å². The molecule has 0 spiro atoms. The first-order valence-corrected chi connectivity index (χ1v) is 8.60. The summed E-state index contributed by atoms with van der Waals surface area (Å²) < 4.78 is 11.1. The van der Waals surface area contributed by atoms with Gasteiger partial charge in [0.15, 0.2) is 0 Å². The number of hydrogen-bond acceptors (Lipinski definition) is 6. The predicted octanol–water partition coefficient (Wildman–Crippen LogP) is 4.26. The van der Waals surface area contributed by atoms with Crippen molar-refractivity contribution in [2.75, 3.05) is 0 Å². The number of nitrogens with zero attached hydrogens (tertiary/aromatic N) is 2. The van der Waals surface area contributed by atoms with Crippen molar-refractivity contribution in [2.24, 2.45) is 0 Å². The van der Waals surface area contributed by atoms with Crippen LogP contribution in [0.25, 0.3) is 11.5 Å². The molecule has 0 N–H and O–H groups in total. The third kappa shape index (κ3) is 3.71. The van der Waals surface area contributed by atoms with E-state index in [-0.39, 0.29) is 12.4 Å². The molecule has 0 bridgehead atoms. The van der Waals surface area contributed by atoms with Gasteiger partial charge >= 0.3 is 5.97 Å². The van der Waals surface area contributed by atoms with Gasteiger partial charge in [-0.05, 0) is 43.3 Å². The zero-order chi connectivity index (χ0) is 17.1. The number of benzene rings is 1. The molecule has 0 aliphatic carbocycles. The molecule has 0 aliphatic heterocycles. The number of ether oxygens (including phenoxy) is 1. The van der Waals surface area contributed by atoms with Gasteiger partial charge in [-0.3, -0.25) is 4.79 Å². The molecule has 3 aromatic rings. The molecule has 5 nitrogen and oxygen atoms in total. The van der Waals surface area contributed by atoms with Gasteiger partial charge in [0.25, 0.3) is 0 Å². The molecule has 0 aliphatic rings. The van der Waals surface area contributed by atoms with E-state index in [9.17, 15) is 4.79 Å². The Balaban J connectivity index is 1.60. The lowest BCUT2D eigenvalue weighted by Crippen LogP contribution is -2.11. The molecule has 3 rings (SSSR count). The van der Waals surface area contributed by atoms with Crippen molar-refractivity contribution in [3.8, 4) is 17.2 Å². The van der Waals surface area contributed by atoms with E-state index in [1.807, 2.05) is 49.7 Å². The summed E-state index contributed by atoms with van der Waals surface area (Å²) in [6.45, 7) is 5.90. The van der Waals surface area contributed by atoms with E-state index in [0.29, 0.717) is 24.0 Å². The number of carbonyl (C=O) groups is 1. The van der Waals surface area contributed by atoms with Gasteiger partial charge in [0.1, 0.15) is 5.75 Å². The molecule has 0 saturated heterocycles. The molecule has 0 fully saturated rings. The minimum absolute atomic E-state index is 0.192. The van der Waals surface area contributed by atoms with Gasteiger partial charge in [0.2, 0.25) is 11.8 Å². The van der Waals surface area contributed by atoms with Crippen LogP contribution in [0.1, 0.15) is 29.0 Å². The first-order chi connectivity index (χ1) is 11.5. The number of carbonyl (C=O) groups excluding carboxylic acids is 1. The van der Waals surface area contributed by atoms with Gasteiger partial charge in [0.05, 0.1) is 6.42 Å². The van der Waals surface area contributed by atoms with Gasteiger partial charge in [0, 0.05) is 17.4 Å². The Kier molecular flexibility index (Phi) is 4.76. The Bertz CT molecular complexity index is 830. The van der Waals surface area contributed by atoms with Crippen LogP contribution in [0.5, 0.6) is 5.75 Å². The first-order valence-electron chi connectivity index (χ1n) is 7.66. The maximum absolute atomic E-state index is 12.1. The predicted molar refractivity (Wildman–Crippen MR) is 92.2 cm³/mol. The minimum atomic E-state index is -0.305.